The van der Waals surface area contributed by atoms with Crippen molar-refractivity contribution in [3.8, 4) is 11.3 Å². The lowest BCUT2D eigenvalue weighted by atomic mass is 10.1. The lowest BCUT2D eigenvalue weighted by Crippen LogP contribution is -2.22. The molecule has 0 atom stereocenters. The predicted octanol–water partition coefficient (Wildman–Crippen LogP) is 3.30. The van der Waals surface area contributed by atoms with E-state index in [1.807, 2.05) is 13.0 Å². The summed E-state index contributed by atoms with van der Waals surface area (Å²) in [6.07, 6.45) is -1.26. The van der Waals surface area contributed by atoms with Gasteiger partial charge in [0.05, 0.1) is 22.5 Å². The molecule has 3 heterocycles. The van der Waals surface area contributed by atoms with Crippen molar-refractivity contribution in [2.45, 2.75) is 33.4 Å². The van der Waals surface area contributed by atoms with Crippen LogP contribution in [0.25, 0.3) is 22.3 Å². The van der Waals surface area contributed by atoms with E-state index in [9.17, 15) is 18.4 Å². The first-order valence-electron chi connectivity index (χ1n) is 10.2. The van der Waals surface area contributed by atoms with Crippen LogP contribution in [0.3, 0.4) is 0 Å². The summed E-state index contributed by atoms with van der Waals surface area (Å²) in [4.78, 5) is 28.9. The van der Waals surface area contributed by atoms with E-state index in [0.29, 0.717) is 23.5 Å². The van der Waals surface area contributed by atoms with E-state index in [-0.39, 0.29) is 34.5 Å². The van der Waals surface area contributed by atoms with E-state index in [1.54, 1.807) is 31.2 Å². The molecule has 0 aliphatic carbocycles. The second-order valence-electron chi connectivity index (χ2n) is 7.36. The van der Waals surface area contributed by atoms with Gasteiger partial charge in [0.2, 0.25) is 5.91 Å². The zero-order valence-electron chi connectivity index (χ0n) is 17.9. The summed E-state index contributed by atoms with van der Waals surface area (Å²) in [5.74, 6) is -1.32. The summed E-state index contributed by atoms with van der Waals surface area (Å²) in [6, 6.07) is 10.3. The van der Waals surface area contributed by atoms with Gasteiger partial charge in [-0.05, 0) is 19.9 Å². The molecule has 9 nitrogen and oxygen atoms in total. The Labute approximate surface area is 187 Å². The van der Waals surface area contributed by atoms with E-state index >= 15 is 0 Å². The van der Waals surface area contributed by atoms with Crippen molar-refractivity contribution in [1.29, 1.82) is 0 Å². The highest BCUT2D eigenvalue weighted by Crippen LogP contribution is 2.33. The van der Waals surface area contributed by atoms with Crippen molar-refractivity contribution in [2.24, 2.45) is 5.73 Å². The second-order valence-corrected chi connectivity index (χ2v) is 7.36. The fraction of sp³-hybridized carbons (Fsp3) is 0.227. The Kier molecular flexibility index (Phi) is 5.86. The molecule has 11 heteroatoms. The summed E-state index contributed by atoms with van der Waals surface area (Å²) in [5, 5.41) is 11.1. The molecule has 0 saturated heterocycles. The number of hydrogen-bond donors (Lipinski definition) is 2. The minimum atomic E-state index is -2.75. The third kappa shape index (κ3) is 4.29. The first kappa shape index (κ1) is 22.1. The van der Waals surface area contributed by atoms with Crippen molar-refractivity contribution in [3.05, 3.63) is 59.5 Å². The summed E-state index contributed by atoms with van der Waals surface area (Å²) in [7, 11) is 0. The van der Waals surface area contributed by atoms with Crippen LogP contribution in [0.4, 0.5) is 14.5 Å². The van der Waals surface area contributed by atoms with Gasteiger partial charge < -0.3 is 11.1 Å². The third-order valence-electron chi connectivity index (χ3n) is 5.10. The Hall–Kier alpha value is -4.15. The second kappa shape index (κ2) is 8.77. The first-order valence-corrected chi connectivity index (χ1v) is 10.2. The van der Waals surface area contributed by atoms with Gasteiger partial charge in [0.25, 0.3) is 12.3 Å². The summed E-state index contributed by atoms with van der Waals surface area (Å²) in [6.45, 7) is 3.57. The molecule has 0 spiro atoms. The molecule has 4 rings (SSSR count). The maximum absolute atomic E-state index is 13.9. The molecule has 0 aliphatic rings. The van der Waals surface area contributed by atoms with Crippen molar-refractivity contribution >= 4 is 28.5 Å². The Balaban J connectivity index is 1.73. The van der Waals surface area contributed by atoms with Gasteiger partial charge in [-0.2, -0.15) is 10.2 Å². The van der Waals surface area contributed by atoms with Gasteiger partial charge in [0.1, 0.15) is 6.54 Å². The molecular weight excluding hydrogens is 432 g/mol. The van der Waals surface area contributed by atoms with Crippen LogP contribution in [-0.2, 0) is 17.9 Å². The molecule has 0 radical (unpaired) electrons. The van der Waals surface area contributed by atoms with E-state index < -0.39 is 18.2 Å². The van der Waals surface area contributed by atoms with Gasteiger partial charge in [-0.1, -0.05) is 30.3 Å². The Bertz CT molecular complexity index is 1350. The van der Waals surface area contributed by atoms with E-state index in [0.717, 1.165) is 0 Å². The molecule has 170 valence electrons. The fourth-order valence-corrected chi connectivity index (χ4v) is 3.61. The summed E-state index contributed by atoms with van der Waals surface area (Å²) < 4.78 is 30.5. The Morgan fingerprint density at radius 3 is 2.55 bits per heavy atom. The predicted molar refractivity (Wildman–Crippen MR) is 118 cm³/mol. The standard InChI is InChI=1S/C22H21F2N7O2/c1-3-30-10-16(19(29-30)21(25)33)26-17(32)11-31-22-18(12(2)28-31)14(20(23)24)9-15(27-22)13-7-5-4-6-8-13/h4-10,20H,3,11H2,1-2H3,(H2,25,33)(H,26,32). The first-order chi connectivity index (χ1) is 15.8. The number of carbonyl (C=O) groups is 2. The number of primary amides is 1. The van der Waals surface area contributed by atoms with Crippen LogP contribution in [0.2, 0.25) is 0 Å². The van der Waals surface area contributed by atoms with Gasteiger partial charge in [-0.25, -0.2) is 18.4 Å². The zero-order chi connectivity index (χ0) is 23.7. The number of nitrogens with one attached hydrogen (secondary N) is 1. The van der Waals surface area contributed by atoms with Crippen LogP contribution in [0, 0.1) is 6.92 Å². The molecule has 0 aliphatic heterocycles. The van der Waals surface area contributed by atoms with Crippen LogP contribution in [0.15, 0.2) is 42.6 Å². The number of pyridine rings is 1. The molecule has 0 fully saturated rings. The minimum Gasteiger partial charge on any atom is -0.364 e. The maximum Gasteiger partial charge on any atom is 0.271 e. The Morgan fingerprint density at radius 1 is 1.18 bits per heavy atom. The molecule has 33 heavy (non-hydrogen) atoms. The summed E-state index contributed by atoms with van der Waals surface area (Å²) >= 11 is 0. The maximum atomic E-state index is 13.9. The van der Waals surface area contributed by atoms with Crippen molar-refractivity contribution in [3.63, 3.8) is 0 Å². The van der Waals surface area contributed by atoms with E-state index in [2.05, 4.69) is 20.5 Å². The highest BCUT2D eigenvalue weighted by molar-refractivity contribution is 6.01. The van der Waals surface area contributed by atoms with Crippen molar-refractivity contribution < 1.29 is 18.4 Å². The Morgan fingerprint density at radius 2 is 1.91 bits per heavy atom. The number of fused-ring (bicyclic) bond motifs is 1. The SMILES string of the molecule is CCn1cc(NC(=O)Cn2nc(C)c3c(C(F)F)cc(-c4ccccc4)nc32)c(C(N)=O)n1. The third-order valence-corrected chi connectivity index (χ3v) is 5.10. The van der Waals surface area contributed by atoms with Gasteiger partial charge in [-0.15, -0.1) is 0 Å². The number of halogens is 2. The van der Waals surface area contributed by atoms with E-state index in [1.165, 1.54) is 21.6 Å². The quantitative estimate of drug-likeness (QED) is 0.445. The number of carbonyl (C=O) groups excluding carboxylic acids is 2. The van der Waals surface area contributed by atoms with Crippen molar-refractivity contribution in [2.75, 3.05) is 5.32 Å². The van der Waals surface area contributed by atoms with Crippen LogP contribution >= 0.6 is 0 Å². The van der Waals surface area contributed by atoms with Crippen LogP contribution < -0.4 is 11.1 Å². The number of anilines is 1. The molecular formula is C22H21F2N7O2. The average molecular weight is 453 g/mol. The van der Waals surface area contributed by atoms with Gasteiger partial charge in [0.15, 0.2) is 11.3 Å². The molecule has 0 bridgehead atoms. The number of aromatic nitrogens is 5. The zero-order valence-corrected chi connectivity index (χ0v) is 17.9. The van der Waals surface area contributed by atoms with Crippen LogP contribution in [0.1, 0.15) is 35.1 Å². The smallest absolute Gasteiger partial charge is 0.271 e. The minimum absolute atomic E-state index is 0.0730. The molecule has 3 N–H and O–H groups in total. The highest BCUT2D eigenvalue weighted by Gasteiger charge is 2.23. The fourth-order valence-electron chi connectivity index (χ4n) is 3.61. The number of hydrogen-bond acceptors (Lipinski definition) is 5. The molecule has 4 aromatic rings. The molecule has 3 aromatic heterocycles. The lowest BCUT2D eigenvalue weighted by Gasteiger charge is -2.09. The summed E-state index contributed by atoms with van der Waals surface area (Å²) in [5.41, 5.74) is 6.73. The average Bonchev–Trinajstić information content (AvgIpc) is 3.34. The van der Waals surface area contributed by atoms with Crippen molar-refractivity contribution in [1.82, 2.24) is 24.5 Å². The highest BCUT2D eigenvalue weighted by atomic mass is 19.3. The van der Waals surface area contributed by atoms with Gasteiger partial charge >= 0.3 is 0 Å². The monoisotopic (exact) mass is 453 g/mol. The number of amides is 2. The van der Waals surface area contributed by atoms with Gasteiger partial charge in [-0.3, -0.25) is 14.3 Å². The number of aryl methyl sites for hydroxylation is 2. The number of rotatable bonds is 7. The number of benzene rings is 1. The number of nitrogens with two attached hydrogens (primary N) is 1. The molecule has 0 saturated carbocycles. The van der Waals surface area contributed by atoms with E-state index in [4.69, 9.17) is 5.73 Å². The molecule has 0 unspecified atom stereocenters. The van der Waals surface area contributed by atoms with Gasteiger partial charge in [0, 0.05) is 23.9 Å². The molecule has 1 aromatic carbocycles. The topological polar surface area (TPSA) is 121 Å². The largest absolute Gasteiger partial charge is 0.364 e. The van der Waals surface area contributed by atoms with Crippen LogP contribution in [0.5, 0.6) is 0 Å². The number of nitrogens with zero attached hydrogens (tertiary/aromatic N) is 5. The van der Waals surface area contributed by atoms with Crippen LogP contribution in [-0.4, -0.2) is 36.4 Å². The normalized spacial score (nSPS) is 11.3. The lowest BCUT2D eigenvalue weighted by molar-refractivity contribution is -0.116. The molecule has 2 amide bonds. The number of alkyl halides is 2.